The number of halogens is 4. The number of carbonyl (C=O) groups excluding carboxylic acids is 1. The Morgan fingerprint density at radius 2 is 1.81 bits per heavy atom. The molecule has 0 radical (unpaired) electrons. The molecule has 0 aliphatic carbocycles. The van der Waals surface area contributed by atoms with Gasteiger partial charge in [-0.3, -0.25) is 19.2 Å². The molecular formula is C26H23ClF3N5O6S. The molecule has 42 heavy (non-hydrogen) atoms. The van der Waals surface area contributed by atoms with Gasteiger partial charge in [0.15, 0.2) is 0 Å². The first-order chi connectivity index (χ1) is 19.9. The van der Waals surface area contributed by atoms with Gasteiger partial charge in [0.05, 0.1) is 45.5 Å². The van der Waals surface area contributed by atoms with Gasteiger partial charge >= 0.3 is 6.18 Å². The number of benzene rings is 3. The van der Waals surface area contributed by atoms with E-state index in [1.165, 1.54) is 36.4 Å². The number of carbonyl (C=O) groups is 1. The van der Waals surface area contributed by atoms with Crippen molar-refractivity contribution in [2.24, 2.45) is 5.10 Å². The standard InChI is InChI=1S/C26H23ClF3N5O6S/c27-23-8-6-19(15-22(23)26(28,29)30)34(42(39,40)21-4-2-1-3-5-21)17-25(36)32-31-16-18-14-20(35(37)38)7-9-24(18)33-10-12-41-13-11-33/h1-9,14-16H,10-13,17H2,(H,32,36)/b31-16+. The van der Waals surface area contributed by atoms with Crippen LogP contribution in [0.3, 0.4) is 0 Å². The highest BCUT2D eigenvalue weighted by Gasteiger charge is 2.35. The Labute approximate surface area is 243 Å². The summed E-state index contributed by atoms with van der Waals surface area (Å²) in [5, 5.41) is 14.5. The minimum Gasteiger partial charge on any atom is -0.378 e. The van der Waals surface area contributed by atoms with Gasteiger partial charge in [-0.15, -0.1) is 0 Å². The van der Waals surface area contributed by atoms with Gasteiger partial charge in [0, 0.05) is 36.5 Å². The molecule has 0 bridgehead atoms. The molecule has 1 aliphatic heterocycles. The van der Waals surface area contributed by atoms with E-state index in [-0.39, 0.29) is 10.6 Å². The average molecular weight is 626 g/mol. The smallest absolute Gasteiger partial charge is 0.378 e. The molecule has 1 heterocycles. The number of nitro groups is 1. The monoisotopic (exact) mass is 625 g/mol. The average Bonchev–Trinajstić information content (AvgIpc) is 2.96. The van der Waals surface area contributed by atoms with E-state index >= 15 is 0 Å². The molecule has 0 aromatic heterocycles. The summed E-state index contributed by atoms with van der Waals surface area (Å²) in [5.41, 5.74) is 1.09. The molecule has 0 saturated carbocycles. The van der Waals surface area contributed by atoms with Crippen LogP contribution in [0.2, 0.25) is 5.02 Å². The van der Waals surface area contributed by atoms with Crippen LogP contribution >= 0.6 is 11.6 Å². The van der Waals surface area contributed by atoms with Gasteiger partial charge in [0.1, 0.15) is 6.54 Å². The molecule has 222 valence electrons. The van der Waals surface area contributed by atoms with E-state index in [0.717, 1.165) is 18.3 Å². The molecule has 1 aliphatic rings. The Kier molecular flexibility index (Phi) is 9.33. The second-order valence-corrected chi connectivity index (χ2v) is 11.1. The van der Waals surface area contributed by atoms with Crippen molar-refractivity contribution in [1.29, 1.82) is 0 Å². The lowest BCUT2D eigenvalue weighted by Gasteiger charge is -2.29. The number of non-ortho nitro benzene ring substituents is 1. The number of amides is 1. The zero-order valence-electron chi connectivity index (χ0n) is 21.6. The fourth-order valence-electron chi connectivity index (χ4n) is 4.11. The number of nitro benzene ring substituents is 1. The van der Waals surface area contributed by atoms with E-state index in [9.17, 15) is 36.5 Å². The lowest BCUT2D eigenvalue weighted by molar-refractivity contribution is -0.384. The number of hydrazone groups is 1. The molecule has 1 amide bonds. The van der Waals surface area contributed by atoms with E-state index < -0.39 is 49.8 Å². The van der Waals surface area contributed by atoms with Crippen molar-refractivity contribution in [3.63, 3.8) is 0 Å². The number of nitrogens with one attached hydrogen (secondary N) is 1. The van der Waals surface area contributed by atoms with Crippen LogP contribution in [-0.2, 0) is 25.7 Å². The van der Waals surface area contributed by atoms with E-state index in [4.69, 9.17) is 16.3 Å². The molecule has 0 atom stereocenters. The minimum atomic E-state index is -4.89. The predicted octanol–water partition coefficient (Wildman–Crippen LogP) is 4.45. The molecule has 0 unspecified atom stereocenters. The summed E-state index contributed by atoms with van der Waals surface area (Å²) in [5.74, 6) is -0.993. The topological polar surface area (TPSA) is 134 Å². The Morgan fingerprint density at radius 3 is 2.45 bits per heavy atom. The van der Waals surface area contributed by atoms with Gasteiger partial charge in [-0.1, -0.05) is 29.8 Å². The van der Waals surface area contributed by atoms with Crippen LogP contribution in [0.25, 0.3) is 0 Å². The van der Waals surface area contributed by atoms with Gasteiger partial charge in [-0.25, -0.2) is 13.8 Å². The highest BCUT2D eigenvalue weighted by molar-refractivity contribution is 7.92. The largest absolute Gasteiger partial charge is 0.417 e. The maximum atomic E-state index is 13.5. The van der Waals surface area contributed by atoms with Crippen LogP contribution < -0.4 is 14.6 Å². The summed E-state index contributed by atoms with van der Waals surface area (Å²) in [6.45, 7) is 0.961. The zero-order valence-corrected chi connectivity index (χ0v) is 23.2. The Morgan fingerprint density at radius 1 is 1.12 bits per heavy atom. The van der Waals surface area contributed by atoms with Crippen LogP contribution in [0, 0.1) is 10.1 Å². The number of anilines is 2. The number of hydrogen-bond acceptors (Lipinski definition) is 8. The molecule has 1 saturated heterocycles. The number of nitrogens with zero attached hydrogens (tertiary/aromatic N) is 4. The van der Waals surface area contributed by atoms with Gasteiger partial charge in [-0.05, 0) is 36.4 Å². The number of rotatable bonds is 9. The second-order valence-electron chi connectivity index (χ2n) is 8.88. The summed E-state index contributed by atoms with van der Waals surface area (Å²) in [6, 6.07) is 13.5. The van der Waals surface area contributed by atoms with Crippen molar-refractivity contribution in [2.45, 2.75) is 11.1 Å². The number of morpholine rings is 1. The third-order valence-corrected chi connectivity index (χ3v) is 8.25. The van der Waals surface area contributed by atoms with Crippen molar-refractivity contribution in [2.75, 3.05) is 42.1 Å². The molecule has 11 nitrogen and oxygen atoms in total. The molecule has 3 aromatic rings. The quantitative estimate of drug-likeness (QED) is 0.211. The van der Waals surface area contributed by atoms with Crippen LogP contribution in [0.4, 0.5) is 30.2 Å². The summed E-state index contributed by atoms with van der Waals surface area (Å²) in [4.78, 5) is 25.3. The first-order valence-electron chi connectivity index (χ1n) is 12.3. The summed E-state index contributed by atoms with van der Waals surface area (Å²) < 4.78 is 73.4. The van der Waals surface area contributed by atoms with Gasteiger partial charge < -0.3 is 9.64 Å². The first-order valence-corrected chi connectivity index (χ1v) is 14.1. The van der Waals surface area contributed by atoms with Crippen molar-refractivity contribution < 1.29 is 36.0 Å². The Hall–Kier alpha value is -4.21. The fraction of sp³-hybridized carbons (Fsp3) is 0.231. The molecule has 1 N–H and O–H groups in total. The lowest BCUT2D eigenvalue weighted by Crippen LogP contribution is -2.39. The van der Waals surface area contributed by atoms with Crippen molar-refractivity contribution in [1.82, 2.24) is 5.43 Å². The molecular weight excluding hydrogens is 603 g/mol. The van der Waals surface area contributed by atoms with Crippen molar-refractivity contribution in [3.05, 3.63) is 93.0 Å². The summed E-state index contributed by atoms with van der Waals surface area (Å²) in [7, 11) is -4.52. The zero-order chi connectivity index (χ0) is 30.5. The normalized spacial score (nSPS) is 14.1. The van der Waals surface area contributed by atoms with Gasteiger partial charge in [0.25, 0.3) is 21.6 Å². The Bertz CT molecular complexity index is 1600. The second kappa shape index (κ2) is 12.8. The Balaban J connectivity index is 1.63. The number of hydrogen-bond donors (Lipinski definition) is 1. The van der Waals surface area contributed by atoms with Crippen molar-refractivity contribution in [3.8, 4) is 0 Å². The van der Waals surface area contributed by atoms with E-state index in [1.807, 2.05) is 4.90 Å². The minimum absolute atomic E-state index is 0.219. The lowest BCUT2D eigenvalue weighted by atomic mass is 10.1. The molecule has 0 spiro atoms. The first kappa shape index (κ1) is 30.7. The summed E-state index contributed by atoms with van der Waals surface area (Å²) >= 11 is 5.71. The van der Waals surface area contributed by atoms with Crippen LogP contribution in [0.1, 0.15) is 11.1 Å². The fourth-order valence-corrected chi connectivity index (χ4v) is 5.77. The van der Waals surface area contributed by atoms with Gasteiger partial charge in [-0.2, -0.15) is 18.3 Å². The maximum Gasteiger partial charge on any atom is 0.417 e. The van der Waals surface area contributed by atoms with E-state index in [1.54, 1.807) is 12.1 Å². The van der Waals surface area contributed by atoms with Crippen LogP contribution in [0.5, 0.6) is 0 Å². The third-order valence-electron chi connectivity index (χ3n) is 6.13. The van der Waals surface area contributed by atoms with E-state index in [0.29, 0.717) is 47.9 Å². The van der Waals surface area contributed by atoms with Crippen LogP contribution in [-0.4, -0.2) is 58.3 Å². The molecule has 3 aromatic carbocycles. The van der Waals surface area contributed by atoms with Crippen molar-refractivity contribution >= 4 is 50.8 Å². The number of alkyl halides is 3. The molecule has 16 heteroatoms. The SMILES string of the molecule is O=C(CN(c1ccc(Cl)c(C(F)(F)F)c1)S(=O)(=O)c1ccccc1)N/N=C/c1cc([N+](=O)[O-])ccc1N1CCOCC1. The highest BCUT2D eigenvalue weighted by Crippen LogP contribution is 2.38. The van der Waals surface area contributed by atoms with E-state index in [2.05, 4.69) is 10.5 Å². The highest BCUT2D eigenvalue weighted by atomic mass is 35.5. The maximum absolute atomic E-state index is 13.5. The molecule has 4 rings (SSSR count). The summed E-state index contributed by atoms with van der Waals surface area (Å²) in [6.07, 6.45) is -3.73. The van der Waals surface area contributed by atoms with Gasteiger partial charge in [0.2, 0.25) is 0 Å². The number of ether oxygens (including phenoxy) is 1. The predicted molar refractivity (Wildman–Crippen MR) is 149 cm³/mol. The molecule has 1 fully saturated rings. The third kappa shape index (κ3) is 7.16. The van der Waals surface area contributed by atoms with Crippen LogP contribution in [0.15, 0.2) is 76.7 Å². The number of sulfonamides is 1.